The minimum absolute atomic E-state index is 0.839. The first-order valence-corrected chi connectivity index (χ1v) is 7.42. The second-order valence-corrected chi connectivity index (χ2v) is 5.30. The molecule has 21 heavy (non-hydrogen) atoms. The van der Waals surface area contributed by atoms with Gasteiger partial charge in [0.1, 0.15) is 5.82 Å². The minimum atomic E-state index is 0.839. The molecule has 5 heteroatoms. The Kier molecular flexibility index (Phi) is 2.84. The van der Waals surface area contributed by atoms with E-state index in [0.717, 1.165) is 43.1 Å². The first-order chi connectivity index (χ1) is 10.4. The summed E-state index contributed by atoms with van der Waals surface area (Å²) in [4.78, 5) is 6.85. The van der Waals surface area contributed by atoms with Crippen molar-refractivity contribution in [3.63, 3.8) is 0 Å². The van der Waals surface area contributed by atoms with Crippen LogP contribution in [0.15, 0.2) is 36.7 Å². The van der Waals surface area contributed by atoms with E-state index >= 15 is 0 Å². The molecule has 0 spiro atoms. The zero-order chi connectivity index (χ0) is 14.2. The van der Waals surface area contributed by atoms with Crippen LogP contribution in [0.5, 0.6) is 0 Å². The lowest BCUT2D eigenvalue weighted by Crippen LogP contribution is -2.25. The summed E-state index contributed by atoms with van der Waals surface area (Å²) in [5.41, 5.74) is 3.46. The molecule has 1 aliphatic rings. The maximum atomic E-state index is 4.58. The van der Waals surface area contributed by atoms with Crippen molar-refractivity contribution in [2.45, 2.75) is 26.2 Å². The quantitative estimate of drug-likeness (QED) is 0.723. The maximum absolute atomic E-state index is 4.58. The Balaban J connectivity index is 1.90. The van der Waals surface area contributed by atoms with Gasteiger partial charge in [0.15, 0.2) is 5.82 Å². The Bertz CT molecular complexity index is 792. The number of rotatable bonds is 2. The van der Waals surface area contributed by atoms with Gasteiger partial charge in [0.2, 0.25) is 5.65 Å². The van der Waals surface area contributed by atoms with E-state index in [1.807, 2.05) is 16.8 Å². The molecule has 0 saturated heterocycles. The van der Waals surface area contributed by atoms with Gasteiger partial charge in [-0.3, -0.25) is 4.40 Å². The average molecular weight is 279 g/mol. The molecule has 0 radical (unpaired) electrons. The van der Waals surface area contributed by atoms with Crippen molar-refractivity contribution in [2.75, 3.05) is 11.4 Å². The summed E-state index contributed by atoms with van der Waals surface area (Å²) in [5.74, 6) is 1.87. The smallest absolute Gasteiger partial charge is 0.204 e. The van der Waals surface area contributed by atoms with Crippen LogP contribution >= 0.6 is 0 Å². The first kappa shape index (κ1) is 12.3. The van der Waals surface area contributed by atoms with Gasteiger partial charge in [-0.15, -0.1) is 10.2 Å². The lowest BCUT2D eigenvalue weighted by Gasteiger charge is -2.30. The van der Waals surface area contributed by atoms with E-state index < -0.39 is 0 Å². The summed E-state index contributed by atoms with van der Waals surface area (Å²) < 4.78 is 2.04. The third kappa shape index (κ3) is 1.88. The van der Waals surface area contributed by atoms with Crippen LogP contribution in [-0.4, -0.2) is 26.1 Å². The second kappa shape index (κ2) is 4.84. The highest BCUT2D eigenvalue weighted by Gasteiger charge is 2.22. The van der Waals surface area contributed by atoms with Crippen LogP contribution in [-0.2, 0) is 12.8 Å². The zero-order valence-corrected chi connectivity index (χ0v) is 12.0. The van der Waals surface area contributed by atoms with E-state index in [9.17, 15) is 0 Å². The van der Waals surface area contributed by atoms with Crippen LogP contribution in [0.1, 0.15) is 24.7 Å². The summed E-state index contributed by atoms with van der Waals surface area (Å²) in [6.45, 7) is 3.06. The number of hydrogen-bond donors (Lipinski definition) is 0. The van der Waals surface area contributed by atoms with E-state index in [0.29, 0.717) is 0 Å². The Labute approximate surface area is 123 Å². The summed E-state index contributed by atoms with van der Waals surface area (Å²) in [6, 6.07) is 8.54. The molecular weight excluding hydrogens is 262 g/mol. The molecule has 4 rings (SSSR count). The van der Waals surface area contributed by atoms with Crippen LogP contribution in [0.2, 0.25) is 0 Å². The van der Waals surface area contributed by atoms with E-state index in [1.165, 1.54) is 11.3 Å². The molecule has 0 unspecified atom stereocenters. The van der Waals surface area contributed by atoms with Gasteiger partial charge in [0, 0.05) is 31.0 Å². The standard InChI is InChI=1S/C16H17N5/c1-2-14-18-19-16-15(17-9-11-21(14)16)20-10-5-7-12-6-3-4-8-13(12)20/h3-4,6,8-9,11H,2,5,7,10H2,1H3. The van der Waals surface area contributed by atoms with Crippen molar-refractivity contribution < 1.29 is 0 Å². The predicted octanol–water partition coefficient (Wildman–Crippen LogP) is 2.77. The zero-order valence-electron chi connectivity index (χ0n) is 12.0. The van der Waals surface area contributed by atoms with E-state index in [1.54, 1.807) is 0 Å². The lowest BCUT2D eigenvalue weighted by atomic mass is 10.0. The van der Waals surface area contributed by atoms with E-state index in [-0.39, 0.29) is 0 Å². The molecule has 0 aliphatic carbocycles. The Morgan fingerprint density at radius 1 is 1.19 bits per heavy atom. The van der Waals surface area contributed by atoms with Crippen LogP contribution in [0.3, 0.4) is 0 Å². The molecule has 0 amide bonds. The van der Waals surface area contributed by atoms with Gasteiger partial charge >= 0.3 is 0 Å². The van der Waals surface area contributed by atoms with Gasteiger partial charge in [0.05, 0.1) is 0 Å². The number of para-hydroxylation sites is 1. The summed E-state index contributed by atoms with van der Waals surface area (Å²) in [5, 5.41) is 8.62. The van der Waals surface area contributed by atoms with Crippen LogP contribution in [0, 0.1) is 0 Å². The number of aromatic nitrogens is 4. The molecule has 0 saturated carbocycles. The van der Waals surface area contributed by atoms with Crippen LogP contribution in [0.4, 0.5) is 11.5 Å². The van der Waals surface area contributed by atoms with Gasteiger partial charge in [-0.25, -0.2) is 4.98 Å². The number of fused-ring (bicyclic) bond motifs is 2. The monoisotopic (exact) mass is 279 g/mol. The molecule has 0 bridgehead atoms. The van der Waals surface area contributed by atoms with Crippen molar-refractivity contribution in [2.24, 2.45) is 0 Å². The van der Waals surface area contributed by atoms with Crippen molar-refractivity contribution in [1.82, 2.24) is 19.6 Å². The third-order valence-electron chi connectivity index (χ3n) is 4.06. The molecule has 0 atom stereocenters. The number of anilines is 2. The van der Waals surface area contributed by atoms with Crippen molar-refractivity contribution in [3.8, 4) is 0 Å². The van der Waals surface area contributed by atoms with Crippen LogP contribution in [0.25, 0.3) is 5.65 Å². The van der Waals surface area contributed by atoms with Gasteiger partial charge in [-0.2, -0.15) is 0 Å². The normalized spacial score (nSPS) is 14.4. The molecular formula is C16H17N5. The topological polar surface area (TPSA) is 46.3 Å². The molecule has 3 aromatic rings. The van der Waals surface area contributed by atoms with Crippen molar-refractivity contribution in [3.05, 3.63) is 48.0 Å². The van der Waals surface area contributed by atoms with Crippen molar-refractivity contribution in [1.29, 1.82) is 0 Å². The fourth-order valence-corrected chi connectivity index (χ4v) is 3.05. The fraction of sp³-hybridized carbons (Fsp3) is 0.312. The minimum Gasteiger partial charge on any atom is -0.323 e. The molecule has 2 aromatic heterocycles. The first-order valence-electron chi connectivity index (χ1n) is 7.42. The number of benzene rings is 1. The second-order valence-electron chi connectivity index (χ2n) is 5.30. The molecule has 1 aliphatic heterocycles. The third-order valence-corrected chi connectivity index (χ3v) is 4.06. The molecule has 5 nitrogen and oxygen atoms in total. The summed E-state index contributed by atoms with van der Waals surface area (Å²) in [7, 11) is 0. The molecule has 0 N–H and O–H groups in total. The molecule has 0 fully saturated rings. The van der Waals surface area contributed by atoms with Gasteiger partial charge < -0.3 is 4.90 Å². The molecule has 1 aromatic carbocycles. The van der Waals surface area contributed by atoms with Gasteiger partial charge in [-0.05, 0) is 24.5 Å². The highest BCUT2D eigenvalue weighted by Crippen LogP contribution is 2.33. The largest absolute Gasteiger partial charge is 0.323 e. The molecule has 3 heterocycles. The van der Waals surface area contributed by atoms with Gasteiger partial charge in [0.25, 0.3) is 0 Å². The molecule has 106 valence electrons. The van der Waals surface area contributed by atoms with Crippen LogP contribution < -0.4 is 4.90 Å². The SMILES string of the molecule is CCc1nnc2c(N3CCCc4ccccc43)nccn12. The lowest BCUT2D eigenvalue weighted by molar-refractivity contribution is 0.759. The highest BCUT2D eigenvalue weighted by molar-refractivity contribution is 5.74. The predicted molar refractivity (Wildman–Crippen MR) is 81.9 cm³/mol. The maximum Gasteiger partial charge on any atom is 0.204 e. The van der Waals surface area contributed by atoms with Gasteiger partial charge in [-0.1, -0.05) is 25.1 Å². The van der Waals surface area contributed by atoms with E-state index in [2.05, 4.69) is 51.3 Å². The van der Waals surface area contributed by atoms with E-state index in [4.69, 9.17) is 0 Å². The highest BCUT2D eigenvalue weighted by atomic mass is 15.3. The number of nitrogens with zero attached hydrogens (tertiary/aromatic N) is 5. The Morgan fingerprint density at radius 3 is 3.00 bits per heavy atom. The summed E-state index contributed by atoms with van der Waals surface area (Å²) >= 11 is 0. The Hall–Kier alpha value is -2.43. The Morgan fingerprint density at radius 2 is 2.10 bits per heavy atom. The summed E-state index contributed by atoms with van der Waals surface area (Å²) in [6.07, 6.45) is 6.90. The number of aryl methyl sites for hydroxylation is 2. The average Bonchev–Trinajstić information content (AvgIpc) is 2.97. The number of hydrogen-bond acceptors (Lipinski definition) is 4. The van der Waals surface area contributed by atoms with Crippen molar-refractivity contribution >= 4 is 17.2 Å². The fourth-order valence-electron chi connectivity index (χ4n) is 3.05.